The van der Waals surface area contributed by atoms with E-state index in [1.807, 2.05) is 75.1 Å². The molecule has 0 bridgehead atoms. The van der Waals surface area contributed by atoms with E-state index < -0.39 is 5.91 Å². The molecule has 0 saturated carbocycles. The van der Waals surface area contributed by atoms with Gasteiger partial charge < -0.3 is 29.9 Å². The van der Waals surface area contributed by atoms with Crippen LogP contribution in [0.1, 0.15) is 61.2 Å². The number of nitrogens with one attached hydrogen (secondary N) is 2. The topological polar surface area (TPSA) is 112 Å². The monoisotopic (exact) mass is 693 g/mol. The van der Waals surface area contributed by atoms with E-state index in [-0.39, 0.29) is 23.3 Å². The molecule has 1 aliphatic heterocycles. The molecule has 11 nitrogen and oxygen atoms in total. The van der Waals surface area contributed by atoms with Gasteiger partial charge in [-0.15, -0.1) is 0 Å². The summed E-state index contributed by atoms with van der Waals surface area (Å²) < 4.78 is 12.0. The van der Waals surface area contributed by atoms with Crippen LogP contribution < -0.4 is 25.0 Å². The molecular weight excluding hydrogens is 642 g/mol. The smallest absolute Gasteiger partial charge is 0.262 e. The number of hydrogen-bond acceptors (Lipinski definition) is 9. The van der Waals surface area contributed by atoms with E-state index in [9.17, 15) is 9.59 Å². The van der Waals surface area contributed by atoms with E-state index in [0.717, 1.165) is 59.9 Å². The van der Waals surface area contributed by atoms with E-state index in [0.29, 0.717) is 43.5 Å². The molecule has 1 aliphatic rings. The molecule has 0 aliphatic carbocycles. The van der Waals surface area contributed by atoms with Crippen molar-refractivity contribution >= 4 is 34.8 Å². The number of rotatable bonds is 14. The molecular formula is C40H51N7O4. The zero-order chi connectivity index (χ0) is 36.5. The van der Waals surface area contributed by atoms with Crippen molar-refractivity contribution in [3.05, 3.63) is 89.1 Å². The van der Waals surface area contributed by atoms with Crippen molar-refractivity contribution in [3.8, 4) is 17.4 Å². The van der Waals surface area contributed by atoms with Crippen LogP contribution in [0.25, 0.3) is 0 Å². The number of benzene rings is 3. The zero-order valence-electron chi connectivity index (χ0n) is 31.0. The maximum atomic E-state index is 13.8. The summed E-state index contributed by atoms with van der Waals surface area (Å²) in [6.45, 7) is 17.7. The van der Waals surface area contributed by atoms with Crippen LogP contribution in [-0.4, -0.2) is 84.0 Å². The Hall–Kier alpha value is -5.16. The van der Waals surface area contributed by atoms with Gasteiger partial charge in [0.25, 0.3) is 5.91 Å². The first-order valence-electron chi connectivity index (χ1n) is 17.8. The van der Waals surface area contributed by atoms with Crippen molar-refractivity contribution in [3.63, 3.8) is 0 Å². The van der Waals surface area contributed by atoms with Gasteiger partial charge in [-0.05, 0) is 101 Å². The molecule has 0 radical (unpaired) electrons. The fourth-order valence-electron chi connectivity index (χ4n) is 6.28. The van der Waals surface area contributed by atoms with Crippen molar-refractivity contribution in [2.24, 2.45) is 0 Å². The van der Waals surface area contributed by atoms with Crippen LogP contribution in [0.2, 0.25) is 0 Å². The number of para-hydroxylation sites is 1. The fourth-order valence-corrected chi connectivity index (χ4v) is 6.28. The Morgan fingerprint density at radius 2 is 1.61 bits per heavy atom. The van der Waals surface area contributed by atoms with Gasteiger partial charge in [-0.3, -0.25) is 14.5 Å². The highest BCUT2D eigenvalue weighted by atomic mass is 16.5. The maximum absolute atomic E-state index is 13.8. The molecule has 5 rings (SSSR count). The van der Waals surface area contributed by atoms with Crippen molar-refractivity contribution in [1.82, 2.24) is 19.8 Å². The normalized spacial score (nSPS) is 13.2. The fraction of sp³-hybridized carbons (Fsp3) is 0.400. The van der Waals surface area contributed by atoms with E-state index >= 15 is 0 Å². The number of nitrogens with zero attached hydrogens (tertiary/aromatic N) is 5. The van der Waals surface area contributed by atoms with Gasteiger partial charge >= 0.3 is 0 Å². The molecule has 2 amide bonds. The minimum atomic E-state index is -0.407. The number of hydrogen-bond donors (Lipinski definition) is 2. The first-order chi connectivity index (χ1) is 24.6. The van der Waals surface area contributed by atoms with Crippen LogP contribution >= 0.6 is 0 Å². The Bertz CT molecular complexity index is 1780. The molecule has 2 N–H and O–H groups in total. The van der Waals surface area contributed by atoms with Crippen molar-refractivity contribution in [2.75, 3.05) is 61.9 Å². The van der Waals surface area contributed by atoms with Crippen molar-refractivity contribution in [2.45, 2.75) is 60.4 Å². The first kappa shape index (κ1) is 37.1. The van der Waals surface area contributed by atoms with Crippen LogP contribution in [0.4, 0.5) is 23.0 Å². The summed E-state index contributed by atoms with van der Waals surface area (Å²) in [7, 11) is 1.56. The van der Waals surface area contributed by atoms with E-state index in [4.69, 9.17) is 14.5 Å². The van der Waals surface area contributed by atoms with Crippen LogP contribution in [0.3, 0.4) is 0 Å². The van der Waals surface area contributed by atoms with Crippen molar-refractivity contribution < 1.29 is 19.1 Å². The number of anilines is 4. The van der Waals surface area contributed by atoms with E-state index in [1.165, 1.54) is 6.20 Å². The standard InChI is InChI=1S/C40H51N7O4/c1-8-45(9-2)36(48)20-14-30-13-19-34(50-7)35(25-30)51-39-33(38(49)43-37-28(5)11-10-12-29(37)6)26-41-40(44-39)42-31-15-17-32(18-16-31)47-23-21-46(22-24-47)27(3)4/h10-13,15-19,25-27H,8-9,14,20-24H2,1-7H3,(H,43,49)(H,41,42,44). The molecule has 0 spiro atoms. The lowest BCUT2D eigenvalue weighted by molar-refractivity contribution is -0.130. The molecule has 4 aromatic rings. The second-order valence-electron chi connectivity index (χ2n) is 13.1. The van der Waals surface area contributed by atoms with Gasteiger partial charge in [0, 0.05) is 75.0 Å². The highest BCUT2D eigenvalue weighted by Gasteiger charge is 2.22. The Balaban J connectivity index is 1.41. The maximum Gasteiger partial charge on any atom is 0.262 e. The van der Waals surface area contributed by atoms with E-state index in [2.05, 4.69) is 51.4 Å². The number of aryl methyl sites for hydroxylation is 3. The van der Waals surface area contributed by atoms with Crippen LogP contribution in [0.15, 0.2) is 66.9 Å². The summed E-state index contributed by atoms with van der Waals surface area (Å²) in [6.07, 6.45) is 2.36. The number of piperazine rings is 1. The molecule has 270 valence electrons. The number of carbonyl (C=O) groups is 2. The Morgan fingerprint density at radius 3 is 2.24 bits per heavy atom. The molecule has 1 saturated heterocycles. The Morgan fingerprint density at radius 1 is 0.922 bits per heavy atom. The molecule has 0 atom stereocenters. The lowest BCUT2D eigenvalue weighted by Gasteiger charge is -2.38. The van der Waals surface area contributed by atoms with Crippen LogP contribution in [0, 0.1) is 13.8 Å². The highest BCUT2D eigenvalue weighted by molar-refractivity contribution is 6.06. The summed E-state index contributed by atoms with van der Waals surface area (Å²) in [5, 5.41) is 6.31. The minimum absolute atomic E-state index is 0.0607. The number of aromatic nitrogens is 2. The summed E-state index contributed by atoms with van der Waals surface area (Å²) in [6, 6.07) is 20.1. The average molecular weight is 694 g/mol. The second-order valence-corrected chi connectivity index (χ2v) is 13.1. The SMILES string of the molecule is CCN(CC)C(=O)CCc1ccc(OC)c(Oc2nc(Nc3ccc(N4CCN(C(C)C)CC4)cc3)ncc2C(=O)Nc2c(C)cccc2C)c1. The lowest BCUT2D eigenvalue weighted by Crippen LogP contribution is -2.48. The summed E-state index contributed by atoms with van der Waals surface area (Å²) >= 11 is 0. The second kappa shape index (κ2) is 17.2. The quantitative estimate of drug-likeness (QED) is 0.141. The summed E-state index contributed by atoms with van der Waals surface area (Å²) in [5.41, 5.74) is 5.61. The van der Waals surface area contributed by atoms with E-state index in [1.54, 1.807) is 13.2 Å². The molecule has 2 heterocycles. The van der Waals surface area contributed by atoms with Gasteiger partial charge in [-0.25, -0.2) is 4.98 Å². The zero-order valence-corrected chi connectivity index (χ0v) is 31.0. The molecule has 0 unspecified atom stereocenters. The Kier molecular flexibility index (Phi) is 12.5. The highest BCUT2D eigenvalue weighted by Crippen LogP contribution is 2.35. The molecule has 1 fully saturated rings. The van der Waals surface area contributed by atoms with Crippen molar-refractivity contribution in [1.29, 1.82) is 0 Å². The number of methoxy groups -OCH3 is 1. The largest absolute Gasteiger partial charge is 0.493 e. The number of carbonyl (C=O) groups excluding carboxylic acids is 2. The first-order valence-corrected chi connectivity index (χ1v) is 17.8. The summed E-state index contributed by atoms with van der Waals surface area (Å²) in [4.78, 5) is 42.4. The van der Waals surface area contributed by atoms with Gasteiger partial charge in [0.1, 0.15) is 5.56 Å². The van der Waals surface area contributed by atoms with Gasteiger partial charge in [0.05, 0.1) is 7.11 Å². The number of amides is 2. The molecule has 51 heavy (non-hydrogen) atoms. The van der Waals surface area contributed by atoms with Gasteiger partial charge in [-0.1, -0.05) is 24.3 Å². The third-order valence-corrected chi connectivity index (χ3v) is 9.43. The van der Waals surface area contributed by atoms with Gasteiger partial charge in [-0.2, -0.15) is 4.98 Å². The minimum Gasteiger partial charge on any atom is -0.493 e. The van der Waals surface area contributed by atoms with Gasteiger partial charge in [0.15, 0.2) is 11.5 Å². The average Bonchev–Trinajstić information content (AvgIpc) is 3.13. The predicted molar refractivity (Wildman–Crippen MR) is 204 cm³/mol. The number of ether oxygens (including phenoxy) is 2. The van der Waals surface area contributed by atoms with Crippen LogP contribution in [0.5, 0.6) is 17.4 Å². The lowest BCUT2D eigenvalue weighted by atomic mass is 10.1. The van der Waals surface area contributed by atoms with Gasteiger partial charge in [0.2, 0.25) is 17.7 Å². The third-order valence-electron chi connectivity index (χ3n) is 9.43. The molecule has 1 aromatic heterocycles. The third kappa shape index (κ3) is 9.35. The summed E-state index contributed by atoms with van der Waals surface area (Å²) in [5.74, 6) is 0.857. The Labute approximate surface area is 302 Å². The molecule has 3 aromatic carbocycles. The molecule has 11 heteroatoms. The predicted octanol–water partition coefficient (Wildman–Crippen LogP) is 7.22. The van der Waals surface area contributed by atoms with Crippen LogP contribution in [-0.2, 0) is 11.2 Å².